The summed E-state index contributed by atoms with van der Waals surface area (Å²) in [5, 5.41) is 0.527. The maximum atomic E-state index is 12.4. The molecule has 2 rings (SSSR count). The number of carbonyl (C=O) groups excluding carboxylic acids is 1. The molecule has 0 heterocycles. The minimum absolute atomic E-state index is 0.00632. The van der Waals surface area contributed by atoms with Gasteiger partial charge >= 0.3 is 0 Å². The Hall–Kier alpha value is -1.60. The topological polar surface area (TPSA) is 17.1 Å². The quantitative estimate of drug-likeness (QED) is 0.721. The van der Waals surface area contributed by atoms with E-state index in [9.17, 15) is 4.79 Å². The van der Waals surface area contributed by atoms with Gasteiger partial charge in [0.2, 0.25) is 0 Å². The predicted molar refractivity (Wildman–Crippen MR) is 84.6 cm³/mol. The zero-order valence-corrected chi connectivity index (χ0v) is 12.9. The van der Waals surface area contributed by atoms with Crippen LogP contribution in [0.1, 0.15) is 42.3 Å². The van der Waals surface area contributed by atoms with Crippen LogP contribution in [0.2, 0.25) is 5.02 Å². The third-order valence-electron chi connectivity index (χ3n) is 3.34. The summed E-state index contributed by atoms with van der Waals surface area (Å²) in [6, 6.07) is 15.5. The molecule has 0 fully saturated rings. The predicted octanol–water partition coefficient (Wildman–Crippen LogP) is 5.06. The van der Waals surface area contributed by atoms with Gasteiger partial charge in [-0.05, 0) is 28.7 Å². The van der Waals surface area contributed by atoms with Crippen molar-refractivity contribution in [1.82, 2.24) is 0 Å². The van der Waals surface area contributed by atoms with Gasteiger partial charge in [-0.15, -0.1) is 0 Å². The third kappa shape index (κ3) is 3.49. The fourth-order valence-electron chi connectivity index (χ4n) is 2.08. The molecule has 2 aromatic carbocycles. The summed E-state index contributed by atoms with van der Waals surface area (Å²) in [4.78, 5) is 12.4. The van der Waals surface area contributed by atoms with E-state index >= 15 is 0 Å². The first-order chi connectivity index (χ1) is 9.38. The normalized spacial score (nSPS) is 11.4. The molecule has 20 heavy (non-hydrogen) atoms. The van der Waals surface area contributed by atoms with Crippen LogP contribution in [0, 0.1) is 0 Å². The van der Waals surface area contributed by atoms with E-state index < -0.39 is 0 Å². The van der Waals surface area contributed by atoms with E-state index in [1.807, 2.05) is 48.5 Å². The number of benzene rings is 2. The van der Waals surface area contributed by atoms with Crippen molar-refractivity contribution in [2.24, 2.45) is 0 Å². The molecule has 0 saturated heterocycles. The van der Waals surface area contributed by atoms with Crippen molar-refractivity contribution in [1.29, 1.82) is 0 Å². The first kappa shape index (κ1) is 14.8. The standard InChI is InChI=1S/C18H19ClO/c1-18(2,3)14-9-10-16(19)15(12-14)17(20)11-13-7-5-4-6-8-13/h4-10,12H,11H2,1-3H3. The van der Waals surface area contributed by atoms with Gasteiger partial charge in [0.25, 0.3) is 0 Å². The van der Waals surface area contributed by atoms with Crippen LogP contribution in [0.25, 0.3) is 0 Å². The summed E-state index contributed by atoms with van der Waals surface area (Å²) in [7, 11) is 0. The minimum atomic E-state index is 0.00632. The lowest BCUT2D eigenvalue weighted by atomic mass is 9.85. The van der Waals surface area contributed by atoms with Gasteiger partial charge in [-0.2, -0.15) is 0 Å². The molecule has 0 unspecified atom stereocenters. The van der Waals surface area contributed by atoms with Crippen molar-refractivity contribution in [3.05, 3.63) is 70.2 Å². The molecule has 0 atom stereocenters. The van der Waals surface area contributed by atoms with Crippen molar-refractivity contribution in [3.8, 4) is 0 Å². The second-order valence-electron chi connectivity index (χ2n) is 6.03. The SMILES string of the molecule is CC(C)(C)c1ccc(Cl)c(C(=O)Cc2ccccc2)c1. The van der Waals surface area contributed by atoms with E-state index in [-0.39, 0.29) is 11.2 Å². The maximum Gasteiger partial charge on any atom is 0.168 e. The van der Waals surface area contributed by atoms with Crippen molar-refractivity contribution < 1.29 is 4.79 Å². The molecule has 0 aliphatic carbocycles. The number of halogens is 1. The molecule has 1 nitrogen and oxygen atoms in total. The molecule has 0 amide bonds. The van der Waals surface area contributed by atoms with Gasteiger partial charge < -0.3 is 0 Å². The van der Waals surface area contributed by atoms with E-state index in [0.29, 0.717) is 17.0 Å². The van der Waals surface area contributed by atoms with E-state index in [4.69, 9.17) is 11.6 Å². The Labute approximate surface area is 125 Å². The van der Waals surface area contributed by atoms with Gasteiger partial charge in [-0.3, -0.25) is 4.79 Å². The average Bonchev–Trinajstić information content (AvgIpc) is 2.39. The monoisotopic (exact) mass is 286 g/mol. The van der Waals surface area contributed by atoms with Crippen LogP contribution < -0.4 is 0 Å². The number of hydrogen-bond acceptors (Lipinski definition) is 1. The molecule has 0 aliphatic rings. The lowest BCUT2D eigenvalue weighted by Crippen LogP contribution is -2.13. The third-order valence-corrected chi connectivity index (χ3v) is 3.67. The minimum Gasteiger partial charge on any atom is -0.294 e. The molecule has 0 N–H and O–H groups in total. The highest BCUT2D eigenvalue weighted by Gasteiger charge is 2.18. The smallest absolute Gasteiger partial charge is 0.168 e. The summed E-state index contributed by atoms with van der Waals surface area (Å²) >= 11 is 6.19. The van der Waals surface area contributed by atoms with E-state index in [0.717, 1.165) is 11.1 Å². The summed E-state index contributed by atoms with van der Waals surface area (Å²) in [6.45, 7) is 6.38. The second-order valence-corrected chi connectivity index (χ2v) is 6.44. The summed E-state index contributed by atoms with van der Waals surface area (Å²) < 4.78 is 0. The number of ketones is 1. The van der Waals surface area contributed by atoms with Crippen LogP contribution in [0.5, 0.6) is 0 Å². The molecule has 0 radical (unpaired) electrons. The molecular weight excluding hydrogens is 268 g/mol. The summed E-state index contributed by atoms with van der Waals surface area (Å²) in [6.07, 6.45) is 0.383. The Balaban J connectivity index is 2.30. The summed E-state index contributed by atoms with van der Waals surface area (Å²) in [5.74, 6) is 0.0623. The fourth-order valence-corrected chi connectivity index (χ4v) is 2.30. The maximum absolute atomic E-state index is 12.4. The molecule has 2 aromatic rings. The number of Topliss-reactive ketones (excluding diaryl/α,β-unsaturated/α-hetero) is 1. The molecule has 0 aliphatic heterocycles. The summed E-state index contributed by atoms with van der Waals surface area (Å²) in [5.41, 5.74) is 2.75. The highest BCUT2D eigenvalue weighted by molar-refractivity contribution is 6.34. The van der Waals surface area contributed by atoms with E-state index in [1.54, 1.807) is 0 Å². The Morgan fingerprint density at radius 1 is 1.05 bits per heavy atom. The van der Waals surface area contributed by atoms with Crippen LogP contribution in [0.4, 0.5) is 0 Å². The lowest BCUT2D eigenvalue weighted by Gasteiger charge is -2.20. The van der Waals surface area contributed by atoms with Crippen molar-refractivity contribution in [3.63, 3.8) is 0 Å². The average molecular weight is 287 g/mol. The molecule has 0 saturated carbocycles. The van der Waals surface area contributed by atoms with Gasteiger partial charge in [0.15, 0.2) is 5.78 Å². The Kier molecular flexibility index (Phi) is 4.29. The van der Waals surface area contributed by atoms with Crippen LogP contribution in [0.3, 0.4) is 0 Å². The highest BCUT2D eigenvalue weighted by Crippen LogP contribution is 2.27. The Bertz CT molecular complexity index is 609. The molecule has 0 bridgehead atoms. The Morgan fingerprint density at radius 2 is 1.70 bits per heavy atom. The van der Waals surface area contributed by atoms with Gasteiger partial charge in [-0.25, -0.2) is 0 Å². The van der Waals surface area contributed by atoms with Gasteiger partial charge in [-0.1, -0.05) is 68.8 Å². The van der Waals surface area contributed by atoms with Gasteiger partial charge in [0.1, 0.15) is 0 Å². The first-order valence-electron chi connectivity index (χ1n) is 6.75. The Morgan fingerprint density at radius 3 is 2.30 bits per heavy atom. The van der Waals surface area contributed by atoms with E-state index in [2.05, 4.69) is 20.8 Å². The lowest BCUT2D eigenvalue weighted by molar-refractivity contribution is 0.0993. The number of rotatable bonds is 3. The highest BCUT2D eigenvalue weighted by atomic mass is 35.5. The van der Waals surface area contributed by atoms with Gasteiger partial charge in [0.05, 0.1) is 5.02 Å². The zero-order chi connectivity index (χ0) is 14.8. The van der Waals surface area contributed by atoms with Crippen LogP contribution >= 0.6 is 11.6 Å². The largest absolute Gasteiger partial charge is 0.294 e. The number of carbonyl (C=O) groups is 1. The first-order valence-corrected chi connectivity index (χ1v) is 7.13. The molecule has 0 spiro atoms. The number of hydrogen-bond donors (Lipinski definition) is 0. The van der Waals surface area contributed by atoms with Crippen LogP contribution in [0.15, 0.2) is 48.5 Å². The second kappa shape index (κ2) is 5.80. The van der Waals surface area contributed by atoms with Crippen LogP contribution in [-0.4, -0.2) is 5.78 Å². The van der Waals surface area contributed by atoms with Crippen molar-refractivity contribution >= 4 is 17.4 Å². The molecule has 0 aromatic heterocycles. The van der Waals surface area contributed by atoms with Crippen molar-refractivity contribution in [2.75, 3.05) is 0 Å². The fraction of sp³-hybridized carbons (Fsp3) is 0.278. The van der Waals surface area contributed by atoms with Crippen molar-refractivity contribution in [2.45, 2.75) is 32.6 Å². The molecule has 2 heteroatoms. The molecule has 104 valence electrons. The molecular formula is C18H19ClO. The van der Waals surface area contributed by atoms with Gasteiger partial charge in [0, 0.05) is 12.0 Å². The van der Waals surface area contributed by atoms with Crippen LogP contribution in [-0.2, 0) is 11.8 Å². The van der Waals surface area contributed by atoms with E-state index in [1.165, 1.54) is 0 Å². The zero-order valence-electron chi connectivity index (χ0n) is 12.1.